The molecule has 144 valence electrons. The second kappa shape index (κ2) is 9.95. The molecule has 0 saturated carbocycles. The number of anilines is 1. The Bertz CT molecular complexity index is 628. The molecule has 0 atom stereocenters. The van der Waals surface area contributed by atoms with Gasteiger partial charge >= 0.3 is 12.1 Å². The van der Waals surface area contributed by atoms with E-state index in [2.05, 4.69) is 15.6 Å². The van der Waals surface area contributed by atoms with Gasteiger partial charge in [0.25, 0.3) is 0 Å². The number of thiazole rings is 1. The molecule has 4 amide bonds. The van der Waals surface area contributed by atoms with Crippen LogP contribution in [0.15, 0.2) is 5.38 Å². The quantitative estimate of drug-likeness (QED) is 0.775. The first-order valence-corrected chi connectivity index (χ1v) is 9.60. The Morgan fingerprint density at radius 1 is 1.19 bits per heavy atom. The first kappa shape index (κ1) is 20.0. The zero-order chi connectivity index (χ0) is 18.9. The van der Waals surface area contributed by atoms with E-state index < -0.39 is 0 Å². The molecule has 1 saturated heterocycles. The van der Waals surface area contributed by atoms with Crippen molar-refractivity contribution < 1.29 is 19.1 Å². The molecule has 1 aliphatic heterocycles. The molecule has 1 aromatic rings. The predicted octanol–water partition coefficient (Wildman–Crippen LogP) is 1.52. The van der Waals surface area contributed by atoms with E-state index in [0.717, 1.165) is 6.42 Å². The Labute approximate surface area is 156 Å². The highest BCUT2D eigenvalue weighted by Gasteiger charge is 2.25. The third kappa shape index (κ3) is 5.87. The first-order valence-electron chi connectivity index (χ1n) is 8.72. The number of urea groups is 1. The van der Waals surface area contributed by atoms with Crippen molar-refractivity contribution in [3.05, 3.63) is 11.1 Å². The van der Waals surface area contributed by atoms with Crippen molar-refractivity contribution in [2.45, 2.75) is 26.7 Å². The molecule has 10 heteroatoms. The number of nitrogens with one attached hydrogen (secondary N) is 2. The molecule has 0 spiro atoms. The third-order valence-corrected chi connectivity index (χ3v) is 4.58. The lowest BCUT2D eigenvalue weighted by Crippen LogP contribution is -2.51. The van der Waals surface area contributed by atoms with Crippen LogP contribution in [0.3, 0.4) is 0 Å². The zero-order valence-corrected chi connectivity index (χ0v) is 15.9. The van der Waals surface area contributed by atoms with Gasteiger partial charge in [-0.1, -0.05) is 6.92 Å². The maximum absolute atomic E-state index is 12.3. The van der Waals surface area contributed by atoms with Crippen LogP contribution in [0.2, 0.25) is 0 Å². The summed E-state index contributed by atoms with van der Waals surface area (Å²) in [6.45, 7) is 6.47. The number of aromatic nitrogens is 1. The number of hydrogen-bond acceptors (Lipinski definition) is 6. The zero-order valence-electron chi connectivity index (χ0n) is 15.1. The summed E-state index contributed by atoms with van der Waals surface area (Å²) < 4.78 is 4.96. The molecule has 26 heavy (non-hydrogen) atoms. The summed E-state index contributed by atoms with van der Waals surface area (Å²) in [5.74, 6) is -0.0786. The molecule has 1 aromatic heterocycles. The predicted molar refractivity (Wildman–Crippen MR) is 98.3 cm³/mol. The Morgan fingerprint density at radius 3 is 2.54 bits per heavy atom. The largest absolute Gasteiger partial charge is 0.450 e. The number of nitrogens with zero attached hydrogens (tertiary/aromatic N) is 3. The van der Waals surface area contributed by atoms with E-state index in [0.29, 0.717) is 50.2 Å². The van der Waals surface area contributed by atoms with Gasteiger partial charge < -0.3 is 19.9 Å². The second-order valence-corrected chi connectivity index (χ2v) is 6.63. The van der Waals surface area contributed by atoms with Gasteiger partial charge in [-0.3, -0.25) is 10.1 Å². The average molecular weight is 383 g/mol. The van der Waals surface area contributed by atoms with E-state index in [1.807, 2.05) is 6.92 Å². The normalized spacial score (nSPS) is 14.1. The van der Waals surface area contributed by atoms with Crippen molar-refractivity contribution in [3.8, 4) is 0 Å². The molecule has 0 aromatic carbocycles. The lowest BCUT2D eigenvalue weighted by Gasteiger charge is -2.33. The maximum atomic E-state index is 12.3. The van der Waals surface area contributed by atoms with Gasteiger partial charge in [0, 0.05) is 38.1 Å². The van der Waals surface area contributed by atoms with Crippen molar-refractivity contribution in [2.24, 2.45) is 0 Å². The molecule has 9 nitrogen and oxygen atoms in total. The van der Waals surface area contributed by atoms with Gasteiger partial charge in [0.15, 0.2) is 5.13 Å². The lowest BCUT2D eigenvalue weighted by atomic mass is 10.3. The number of ether oxygens (including phenoxy) is 1. The van der Waals surface area contributed by atoms with Crippen molar-refractivity contribution in [2.75, 3.05) is 44.6 Å². The van der Waals surface area contributed by atoms with Gasteiger partial charge in [-0.25, -0.2) is 14.6 Å². The summed E-state index contributed by atoms with van der Waals surface area (Å²) in [5, 5.41) is 7.76. The van der Waals surface area contributed by atoms with Crippen molar-refractivity contribution >= 4 is 34.5 Å². The minimum Gasteiger partial charge on any atom is -0.450 e. The number of hydrogen-bond donors (Lipinski definition) is 2. The van der Waals surface area contributed by atoms with E-state index in [-0.39, 0.29) is 24.5 Å². The average Bonchev–Trinajstić information content (AvgIpc) is 3.07. The minimum absolute atomic E-state index is 0.0786. The van der Waals surface area contributed by atoms with Gasteiger partial charge in [0.2, 0.25) is 5.91 Å². The Hall–Kier alpha value is -2.36. The van der Waals surface area contributed by atoms with Gasteiger partial charge in [-0.05, 0) is 13.3 Å². The van der Waals surface area contributed by atoms with Crippen LogP contribution in [0.1, 0.15) is 26.0 Å². The van der Waals surface area contributed by atoms with E-state index in [1.54, 1.807) is 22.1 Å². The Balaban J connectivity index is 1.78. The minimum atomic E-state index is -0.349. The highest BCUT2D eigenvalue weighted by atomic mass is 32.1. The van der Waals surface area contributed by atoms with Crippen LogP contribution in [0, 0.1) is 0 Å². The van der Waals surface area contributed by atoms with Crippen LogP contribution in [0.4, 0.5) is 14.7 Å². The molecule has 0 radical (unpaired) electrons. The van der Waals surface area contributed by atoms with Crippen LogP contribution in [0.25, 0.3) is 0 Å². The number of carbonyl (C=O) groups is 3. The highest BCUT2D eigenvalue weighted by molar-refractivity contribution is 7.13. The van der Waals surface area contributed by atoms with E-state index in [9.17, 15) is 14.4 Å². The van der Waals surface area contributed by atoms with Crippen molar-refractivity contribution in [1.82, 2.24) is 20.1 Å². The van der Waals surface area contributed by atoms with Crippen LogP contribution in [0.5, 0.6) is 0 Å². The molecular formula is C16H25N5O4S. The summed E-state index contributed by atoms with van der Waals surface area (Å²) >= 11 is 1.29. The number of rotatable bonds is 6. The Morgan fingerprint density at radius 2 is 1.88 bits per heavy atom. The summed E-state index contributed by atoms with van der Waals surface area (Å²) in [5.41, 5.74) is 0.631. The first-order chi connectivity index (χ1) is 12.5. The van der Waals surface area contributed by atoms with Gasteiger partial charge in [-0.15, -0.1) is 11.3 Å². The molecule has 1 fully saturated rings. The maximum Gasteiger partial charge on any atom is 0.409 e. The van der Waals surface area contributed by atoms with E-state index >= 15 is 0 Å². The molecule has 2 heterocycles. The van der Waals surface area contributed by atoms with Crippen LogP contribution in [-0.2, 0) is 16.0 Å². The molecule has 1 aliphatic rings. The summed E-state index contributed by atoms with van der Waals surface area (Å²) in [4.78, 5) is 43.2. The molecule has 2 N–H and O–H groups in total. The molecular weight excluding hydrogens is 358 g/mol. The van der Waals surface area contributed by atoms with Gasteiger partial charge in [0.1, 0.15) is 0 Å². The lowest BCUT2D eigenvalue weighted by molar-refractivity contribution is -0.120. The Kier molecular flexibility index (Phi) is 7.64. The third-order valence-electron chi connectivity index (χ3n) is 3.77. The van der Waals surface area contributed by atoms with E-state index in [4.69, 9.17) is 4.74 Å². The summed E-state index contributed by atoms with van der Waals surface area (Å²) in [6.07, 6.45) is 0.733. The SMILES string of the molecule is CCCNC(=O)Cc1csc(NC(=O)N2CCN(C(=O)OCC)CC2)n1. The topological polar surface area (TPSA) is 104 Å². The molecule has 0 unspecified atom stereocenters. The van der Waals surface area contributed by atoms with Crippen molar-refractivity contribution in [1.29, 1.82) is 0 Å². The van der Waals surface area contributed by atoms with Crippen LogP contribution >= 0.6 is 11.3 Å². The monoisotopic (exact) mass is 383 g/mol. The molecule has 0 bridgehead atoms. The number of carbonyl (C=O) groups excluding carboxylic acids is 3. The smallest absolute Gasteiger partial charge is 0.409 e. The summed E-state index contributed by atoms with van der Waals surface area (Å²) in [7, 11) is 0. The fraction of sp³-hybridized carbons (Fsp3) is 0.625. The van der Waals surface area contributed by atoms with Crippen LogP contribution in [-0.4, -0.2) is 72.1 Å². The second-order valence-electron chi connectivity index (χ2n) is 5.77. The fourth-order valence-corrected chi connectivity index (χ4v) is 3.11. The van der Waals surface area contributed by atoms with E-state index in [1.165, 1.54) is 11.3 Å². The number of amides is 4. The highest BCUT2D eigenvalue weighted by Crippen LogP contribution is 2.17. The molecule has 0 aliphatic carbocycles. The van der Waals surface area contributed by atoms with Crippen molar-refractivity contribution in [3.63, 3.8) is 0 Å². The molecule has 2 rings (SSSR count). The van der Waals surface area contributed by atoms with Crippen LogP contribution < -0.4 is 10.6 Å². The van der Waals surface area contributed by atoms with Gasteiger partial charge in [-0.2, -0.15) is 0 Å². The summed E-state index contributed by atoms with van der Waals surface area (Å²) in [6, 6.07) is -0.259. The standard InChI is InChI=1S/C16H25N5O4S/c1-3-5-17-13(22)10-12-11-26-14(18-12)19-15(23)20-6-8-21(9-7-20)16(24)25-4-2/h11H,3-10H2,1-2H3,(H,17,22)(H,18,19,23). The fourth-order valence-electron chi connectivity index (χ4n) is 2.41. The van der Waals surface area contributed by atoms with Gasteiger partial charge in [0.05, 0.1) is 18.7 Å². The number of piperazine rings is 1.